The van der Waals surface area contributed by atoms with Gasteiger partial charge < -0.3 is 14.2 Å². The number of amides is 1. The lowest BCUT2D eigenvalue weighted by molar-refractivity contribution is 0.0710. The van der Waals surface area contributed by atoms with E-state index in [4.69, 9.17) is 9.26 Å². The number of hydrogen-bond donors (Lipinski definition) is 0. The van der Waals surface area contributed by atoms with E-state index in [1.54, 1.807) is 31.1 Å². The molecule has 0 unspecified atom stereocenters. The largest absolute Gasteiger partial charge is 0.497 e. The molecule has 1 aliphatic heterocycles. The van der Waals surface area contributed by atoms with Crippen molar-refractivity contribution < 1.29 is 18.4 Å². The van der Waals surface area contributed by atoms with Gasteiger partial charge in [0.1, 0.15) is 11.6 Å². The van der Waals surface area contributed by atoms with Crippen molar-refractivity contribution >= 4 is 5.91 Å². The normalized spacial score (nSPS) is 14.8. The molecule has 1 saturated heterocycles. The number of likely N-dealkylation sites (tertiary alicyclic amines) is 1. The second-order valence-electron chi connectivity index (χ2n) is 7.22. The summed E-state index contributed by atoms with van der Waals surface area (Å²) in [5.41, 5.74) is 1.72. The summed E-state index contributed by atoms with van der Waals surface area (Å²) in [5, 5.41) is 4.14. The number of benzene rings is 2. The lowest BCUT2D eigenvalue weighted by Gasteiger charge is -2.30. The number of hydrogen-bond acceptors (Lipinski definition) is 5. The van der Waals surface area contributed by atoms with Gasteiger partial charge in [0.15, 0.2) is 5.82 Å². The van der Waals surface area contributed by atoms with Crippen LogP contribution < -0.4 is 4.74 Å². The molecule has 7 heteroatoms. The number of piperidine rings is 1. The van der Waals surface area contributed by atoms with Crippen LogP contribution in [0.25, 0.3) is 11.5 Å². The van der Waals surface area contributed by atoms with Gasteiger partial charge in [0, 0.05) is 30.1 Å². The van der Waals surface area contributed by atoms with Gasteiger partial charge in [0.2, 0.25) is 0 Å². The van der Waals surface area contributed by atoms with Crippen molar-refractivity contribution in [1.82, 2.24) is 15.0 Å². The smallest absolute Gasteiger partial charge is 0.258 e. The monoisotopic (exact) mass is 395 g/mol. The van der Waals surface area contributed by atoms with Gasteiger partial charge >= 0.3 is 0 Å². The molecule has 1 amide bonds. The van der Waals surface area contributed by atoms with E-state index < -0.39 is 0 Å². The van der Waals surface area contributed by atoms with Crippen LogP contribution in [0.3, 0.4) is 0 Å². The van der Waals surface area contributed by atoms with Crippen LogP contribution in [-0.2, 0) is 0 Å². The second kappa shape index (κ2) is 8.03. The van der Waals surface area contributed by atoms with Crippen molar-refractivity contribution in [2.75, 3.05) is 20.2 Å². The molecule has 0 bridgehead atoms. The Bertz CT molecular complexity index is 1030. The maximum Gasteiger partial charge on any atom is 0.258 e. The van der Waals surface area contributed by atoms with Gasteiger partial charge in [-0.1, -0.05) is 17.3 Å². The first-order valence-corrected chi connectivity index (χ1v) is 9.58. The lowest BCUT2D eigenvalue weighted by Crippen LogP contribution is -2.38. The molecule has 6 nitrogen and oxygen atoms in total. The Morgan fingerprint density at radius 3 is 2.72 bits per heavy atom. The van der Waals surface area contributed by atoms with Crippen LogP contribution in [0.4, 0.5) is 4.39 Å². The molecule has 3 aromatic rings. The van der Waals surface area contributed by atoms with Gasteiger partial charge in [-0.3, -0.25) is 4.79 Å². The Kier molecular flexibility index (Phi) is 5.29. The number of nitrogens with zero attached hydrogens (tertiary/aromatic N) is 3. The van der Waals surface area contributed by atoms with E-state index in [-0.39, 0.29) is 17.6 Å². The van der Waals surface area contributed by atoms with E-state index >= 15 is 0 Å². The molecule has 0 radical (unpaired) electrons. The summed E-state index contributed by atoms with van der Waals surface area (Å²) in [6, 6.07) is 12.1. The Morgan fingerprint density at radius 1 is 1.21 bits per heavy atom. The van der Waals surface area contributed by atoms with Crippen molar-refractivity contribution in [3.05, 3.63) is 65.2 Å². The molecule has 29 heavy (non-hydrogen) atoms. The van der Waals surface area contributed by atoms with Gasteiger partial charge in [0.25, 0.3) is 11.8 Å². The van der Waals surface area contributed by atoms with Crippen LogP contribution in [0.1, 0.15) is 40.5 Å². The predicted molar refractivity (Wildman–Crippen MR) is 105 cm³/mol. The Labute approximate surface area is 168 Å². The quantitative estimate of drug-likeness (QED) is 0.662. The summed E-state index contributed by atoms with van der Waals surface area (Å²) in [7, 11) is 1.61. The summed E-state index contributed by atoms with van der Waals surface area (Å²) in [5.74, 6) is 1.44. The van der Waals surface area contributed by atoms with Gasteiger partial charge in [-0.15, -0.1) is 0 Å². The molecular weight excluding hydrogens is 373 g/mol. The van der Waals surface area contributed by atoms with Crippen molar-refractivity contribution in [3.63, 3.8) is 0 Å². The highest BCUT2D eigenvalue weighted by Crippen LogP contribution is 2.29. The number of halogens is 1. The lowest BCUT2D eigenvalue weighted by atomic mass is 9.95. The van der Waals surface area contributed by atoms with Crippen LogP contribution >= 0.6 is 0 Å². The standard InChI is InChI=1S/C22H22FN3O3/c1-14-6-7-17(13-19(14)23)22(27)26-10-8-15(9-11-26)20-24-21(29-25-20)16-4-3-5-18(12-16)28-2/h3-7,12-13,15H,8-11H2,1-2H3. The predicted octanol–water partition coefficient (Wildman–Crippen LogP) is 4.21. The summed E-state index contributed by atoms with van der Waals surface area (Å²) in [6.07, 6.45) is 1.47. The third-order valence-electron chi connectivity index (χ3n) is 5.32. The molecule has 0 atom stereocenters. The molecule has 2 aromatic carbocycles. The number of carbonyl (C=O) groups is 1. The average Bonchev–Trinajstić information content (AvgIpc) is 3.26. The number of ether oxygens (including phenoxy) is 1. The van der Waals surface area contributed by atoms with E-state index in [0.717, 1.165) is 24.2 Å². The van der Waals surface area contributed by atoms with Crippen LogP contribution in [0.5, 0.6) is 5.75 Å². The van der Waals surface area contributed by atoms with Gasteiger partial charge in [-0.2, -0.15) is 4.98 Å². The fraction of sp³-hybridized carbons (Fsp3) is 0.318. The number of rotatable bonds is 4. The first kappa shape index (κ1) is 19.1. The zero-order valence-electron chi connectivity index (χ0n) is 16.4. The second-order valence-corrected chi connectivity index (χ2v) is 7.22. The molecule has 0 saturated carbocycles. The average molecular weight is 395 g/mol. The van der Waals surface area contributed by atoms with Crippen molar-refractivity contribution in [2.45, 2.75) is 25.7 Å². The van der Waals surface area contributed by atoms with E-state index in [1.165, 1.54) is 6.07 Å². The molecule has 4 rings (SSSR count). The molecule has 0 aliphatic carbocycles. The van der Waals surface area contributed by atoms with E-state index in [2.05, 4.69) is 10.1 Å². The minimum Gasteiger partial charge on any atom is -0.497 e. The van der Waals surface area contributed by atoms with Crippen LogP contribution in [0.2, 0.25) is 0 Å². The molecule has 0 N–H and O–H groups in total. The minimum absolute atomic E-state index is 0.122. The fourth-order valence-corrected chi connectivity index (χ4v) is 3.52. The zero-order chi connectivity index (χ0) is 20.4. The van der Waals surface area contributed by atoms with Crippen LogP contribution in [0.15, 0.2) is 47.0 Å². The maximum atomic E-state index is 13.8. The summed E-state index contributed by atoms with van der Waals surface area (Å²) in [6.45, 7) is 2.82. The van der Waals surface area contributed by atoms with Crippen LogP contribution in [-0.4, -0.2) is 41.1 Å². The topological polar surface area (TPSA) is 68.5 Å². The summed E-state index contributed by atoms with van der Waals surface area (Å²) in [4.78, 5) is 18.9. The van der Waals surface area contributed by atoms with E-state index in [9.17, 15) is 9.18 Å². The van der Waals surface area contributed by atoms with Crippen molar-refractivity contribution in [3.8, 4) is 17.2 Å². The third kappa shape index (κ3) is 3.99. The highest BCUT2D eigenvalue weighted by molar-refractivity contribution is 5.94. The molecule has 1 aliphatic rings. The zero-order valence-corrected chi connectivity index (χ0v) is 16.4. The Morgan fingerprint density at radius 2 is 2.00 bits per heavy atom. The molecule has 150 valence electrons. The Balaban J connectivity index is 1.41. The molecular formula is C22H22FN3O3. The van der Waals surface area contributed by atoms with Crippen LogP contribution in [0, 0.1) is 12.7 Å². The Hall–Kier alpha value is -3.22. The third-order valence-corrected chi connectivity index (χ3v) is 5.32. The van der Waals surface area contributed by atoms with E-state index in [0.29, 0.717) is 35.9 Å². The molecule has 1 aromatic heterocycles. The van der Waals surface area contributed by atoms with Crippen molar-refractivity contribution in [2.24, 2.45) is 0 Å². The van der Waals surface area contributed by atoms with E-state index in [1.807, 2.05) is 24.3 Å². The summed E-state index contributed by atoms with van der Waals surface area (Å²) < 4.78 is 24.4. The SMILES string of the molecule is COc1cccc(-c2nc(C3CCN(C(=O)c4ccc(C)c(F)c4)CC3)no2)c1. The molecule has 0 spiro atoms. The summed E-state index contributed by atoms with van der Waals surface area (Å²) >= 11 is 0. The maximum absolute atomic E-state index is 13.8. The number of methoxy groups -OCH3 is 1. The molecule has 2 heterocycles. The molecule has 1 fully saturated rings. The number of aromatic nitrogens is 2. The highest BCUT2D eigenvalue weighted by atomic mass is 19.1. The first-order chi connectivity index (χ1) is 14.0. The first-order valence-electron chi connectivity index (χ1n) is 9.58. The van der Waals surface area contributed by atoms with Crippen molar-refractivity contribution in [1.29, 1.82) is 0 Å². The van der Waals surface area contributed by atoms with Gasteiger partial charge in [-0.25, -0.2) is 4.39 Å². The van der Waals surface area contributed by atoms with Gasteiger partial charge in [0.05, 0.1) is 7.11 Å². The fourth-order valence-electron chi connectivity index (χ4n) is 3.52. The number of aryl methyl sites for hydroxylation is 1. The number of carbonyl (C=O) groups excluding carboxylic acids is 1. The van der Waals surface area contributed by atoms with Gasteiger partial charge in [-0.05, 0) is 55.7 Å². The minimum atomic E-state index is -0.359. The highest BCUT2D eigenvalue weighted by Gasteiger charge is 2.28.